The lowest BCUT2D eigenvalue weighted by Crippen LogP contribution is -2.42. The first kappa shape index (κ1) is 15.5. The van der Waals surface area contributed by atoms with Gasteiger partial charge in [-0.25, -0.2) is 0 Å². The highest BCUT2D eigenvalue weighted by molar-refractivity contribution is 5.16. The van der Waals surface area contributed by atoms with Crippen LogP contribution in [0.25, 0.3) is 0 Å². The molecule has 1 aromatic rings. The van der Waals surface area contributed by atoms with Crippen LogP contribution in [-0.2, 0) is 6.42 Å². The lowest BCUT2D eigenvalue weighted by Gasteiger charge is -2.30. The predicted molar refractivity (Wildman–Crippen MR) is 87.1 cm³/mol. The maximum Gasteiger partial charge on any atom is 0.0235 e. The summed E-state index contributed by atoms with van der Waals surface area (Å²) >= 11 is 0. The highest BCUT2D eigenvalue weighted by Crippen LogP contribution is 2.14. The monoisotopic (exact) mass is 274 g/mol. The molecule has 112 valence electrons. The molecule has 2 nitrogen and oxygen atoms in total. The van der Waals surface area contributed by atoms with Crippen LogP contribution in [0, 0.1) is 0 Å². The normalized spacial score (nSPS) is 22.4. The molecule has 1 aromatic carbocycles. The van der Waals surface area contributed by atoms with Gasteiger partial charge in [-0.05, 0) is 44.8 Å². The van der Waals surface area contributed by atoms with Crippen molar-refractivity contribution in [1.82, 2.24) is 10.2 Å². The molecule has 2 atom stereocenters. The Hall–Kier alpha value is -0.860. The smallest absolute Gasteiger partial charge is 0.0235 e. The molecule has 1 saturated heterocycles. The minimum atomic E-state index is 0.601. The fraction of sp³-hybridized carbons (Fsp3) is 0.667. The lowest BCUT2D eigenvalue weighted by atomic mass is 10.0. The van der Waals surface area contributed by atoms with Crippen LogP contribution in [-0.4, -0.2) is 36.6 Å². The van der Waals surface area contributed by atoms with E-state index in [2.05, 4.69) is 54.4 Å². The zero-order chi connectivity index (χ0) is 14.2. The Morgan fingerprint density at radius 3 is 2.85 bits per heavy atom. The molecule has 0 bridgehead atoms. The Labute approximate surface area is 124 Å². The molecule has 0 aromatic heterocycles. The van der Waals surface area contributed by atoms with E-state index in [0.29, 0.717) is 6.04 Å². The van der Waals surface area contributed by atoms with Gasteiger partial charge in [0, 0.05) is 18.6 Å². The van der Waals surface area contributed by atoms with E-state index in [1.807, 2.05) is 0 Å². The molecule has 1 fully saturated rings. The van der Waals surface area contributed by atoms with Gasteiger partial charge in [0.25, 0.3) is 0 Å². The van der Waals surface area contributed by atoms with E-state index in [1.54, 1.807) is 0 Å². The maximum absolute atomic E-state index is 3.73. The number of hydrogen-bond donors (Lipinski definition) is 1. The summed E-state index contributed by atoms with van der Waals surface area (Å²) in [6.07, 6.45) is 6.44. The number of rotatable bonds is 6. The van der Waals surface area contributed by atoms with E-state index in [9.17, 15) is 0 Å². The first-order valence-electron chi connectivity index (χ1n) is 8.31. The highest BCUT2D eigenvalue weighted by atomic mass is 15.2. The van der Waals surface area contributed by atoms with E-state index >= 15 is 0 Å². The Bertz CT molecular complexity index is 363. The molecule has 20 heavy (non-hydrogen) atoms. The second-order valence-corrected chi connectivity index (χ2v) is 6.18. The van der Waals surface area contributed by atoms with Crippen LogP contribution in [0.5, 0.6) is 0 Å². The van der Waals surface area contributed by atoms with Crippen molar-refractivity contribution in [2.45, 2.75) is 58.0 Å². The van der Waals surface area contributed by atoms with Gasteiger partial charge < -0.3 is 5.32 Å². The standard InChI is InChI=1S/C18H30N2/c1-3-4-9-16(2)20-13-8-12-19-18(15-20)14-17-10-6-5-7-11-17/h5-7,10-11,16,18-19H,3-4,8-9,12-15H2,1-2H3. The summed E-state index contributed by atoms with van der Waals surface area (Å²) in [5.41, 5.74) is 1.45. The first-order valence-corrected chi connectivity index (χ1v) is 8.31. The average molecular weight is 274 g/mol. The summed E-state index contributed by atoms with van der Waals surface area (Å²) in [4.78, 5) is 2.70. The van der Waals surface area contributed by atoms with Crippen LogP contribution < -0.4 is 5.32 Å². The minimum Gasteiger partial charge on any atom is -0.312 e. The van der Waals surface area contributed by atoms with Gasteiger partial charge in [-0.3, -0.25) is 4.90 Å². The van der Waals surface area contributed by atoms with E-state index in [0.717, 1.165) is 19.0 Å². The second kappa shape index (κ2) is 8.43. The number of nitrogens with zero attached hydrogens (tertiary/aromatic N) is 1. The molecule has 2 heteroatoms. The largest absolute Gasteiger partial charge is 0.312 e. The van der Waals surface area contributed by atoms with E-state index in [1.165, 1.54) is 44.3 Å². The topological polar surface area (TPSA) is 15.3 Å². The van der Waals surface area contributed by atoms with Crippen molar-refractivity contribution in [3.63, 3.8) is 0 Å². The summed E-state index contributed by atoms with van der Waals surface area (Å²) in [6.45, 7) is 8.30. The van der Waals surface area contributed by atoms with Crippen molar-refractivity contribution >= 4 is 0 Å². The summed E-state index contributed by atoms with van der Waals surface area (Å²) in [7, 11) is 0. The Kier molecular flexibility index (Phi) is 6.55. The van der Waals surface area contributed by atoms with Gasteiger partial charge in [-0.2, -0.15) is 0 Å². The third-order valence-corrected chi connectivity index (χ3v) is 4.43. The van der Waals surface area contributed by atoms with Gasteiger partial charge in [-0.1, -0.05) is 50.1 Å². The van der Waals surface area contributed by atoms with Gasteiger partial charge in [0.1, 0.15) is 0 Å². The van der Waals surface area contributed by atoms with Crippen LogP contribution in [0.4, 0.5) is 0 Å². The average Bonchev–Trinajstić information content (AvgIpc) is 2.71. The Morgan fingerprint density at radius 2 is 2.10 bits per heavy atom. The molecule has 1 aliphatic rings. The fourth-order valence-corrected chi connectivity index (χ4v) is 3.15. The van der Waals surface area contributed by atoms with E-state index < -0.39 is 0 Å². The molecule has 1 heterocycles. The quantitative estimate of drug-likeness (QED) is 0.854. The molecule has 0 spiro atoms. The number of benzene rings is 1. The van der Waals surface area contributed by atoms with E-state index in [-0.39, 0.29) is 0 Å². The first-order chi connectivity index (χ1) is 9.79. The van der Waals surface area contributed by atoms with Gasteiger partial charge in [0.2, 0.25) is 0 Å². The van der Waals surface area contributed by atoms with Gasteiger partial charge >= 0.3 is 0 Å². The van der Waals surface area contributed by atoms with Crippen molar-refractivity contribution in [1.29, 1.82) is 0 Å². The van der Waals surface area contributed by atoms with Crippen molar-refractivity contribution in [3.05, 3.63) is 35.9 Å². The van der Waals surface area contributed by atoms with Crippen LogP contribution in [0.1, 0.15) is 45.1 Å². The fourth-order valence-electron chi connectivity index (χ4n) is 3.15. The lowest BCUT2D eigenvalue weighted by molar-refractivity contribution is 0.193. The third-order valence-electron chi connectivity index (χ3n) is 4.43. The molecular formula is C18H30N2. The molecule has 0 radical (unpaired) electrons. The molecule has 2 unspecified atom stereocenters. The molecule has 0 aliphatic carbocycles. The highest BCUT2D eigenvalue weighted by Gasteiger charge is 2.21. The zero-order valence-electron chi connectivity index (χ0n) is 13.1. The van der Waals surface area contributed by atoms with Crippen molar-refractivity contribution in [2.75, 3.05) is 19.6 Å². The minimum absolute atomic E-state index is 0.601. The molecule has 2 rings (SSSR count). The Balaban J connectivity index is 1.89. The third kappa shape index (κ3) is 4.92. The van der Waals surface area contributed by atoms with Gasteiger partial charge in [-0.15, -0.1) is 0 Å². The summed E-state index contributed by atoms with van der Waals surface area (Å²) in [6, 6.07) is 12.2. The molecule has 1 N–H and O–H groups in total. The molecular weight excluding hydrogens is 244 g/mol. The number of nitrogens with one attached hydrogen (secondary N) is 1. The molecule has 0 amide bonds. The van der Waals surface area contributed by atoms with Crippen LogP contribution in [0.2, 0.25) is 0 Å². The summed E-state index contributed by atoms with van der Waals surface area (Å²) in [5.74, 6) is 0. The SMILES string of the molecule is CCCCC(C)N1CCCNC(Cc2ccccc2)C1. The van der Waals surface area contributed by atoms with E-state index in [4.69, 9.17) is 0 Å². The summed E-state index contributed by atoms with van der Waals surface area (Å²) in [5, 5.41) is 3.73. The van der Waals surface area contributed by atoms with Gasteiger partial charge in [0.15, 0.2) is 0 Å². The maximum atomic E-state index is 3.73. The van der Waals surface area contributed by atoms with Crippen LogP contribution >= 0.6 is 0 Å². The van der Waals surface area contributed by atoms with Crippen LogP contribution in [0.15, 0.2) is 30.3 Å². The van der Waals surface area contributed by atoms with Crippen LogP contribution in [0.3, 0.4) is 0 Å². The molecule has 0 saturated carbocycles. The number of hydrogen-bond acceptors (Lipinski definition) is 2. The zero-order valence-corrected chi connectivity index (χ0v) is 13.1. The van der Waals surface area contributed by atoms with Gasteiger partial charge in [0.05, 0.1) is 0 Å². The van der Waals surface area contributed by atoms with Crippen molar-refractivity contribution in [2.24, 2.45) is 0 Å². The number of unbranched alkanes of at least 4 members (excludes halogenated alkanes) is 1. The molecule has 1 aliphatic heterocycles. The van der Waals surface area contributed by atoms with Crippen molar-refractivity contribution < 1.29 is 0 Å². The predicted octanol–water partition coefficient (Wildman–Crippen LogP) is 3.47. The Morgan fingerprint density at radius 1 is 1.30 bits per heavy atom. The summed E-state index contributed by atoms with van der Waals surface area (Å²) < 4.78 is 0. The second-order valence-electron chi connectivity index (χ2n) is 6.18. The van der Waals surface area contributed by atoms with Crippen molar-refractivity contribution in [3.8, 4) is 0 Å².